The Balaban J connectivity index is 2.10. The summed E-state index contributed by atoms with van der Waals surface area (Å²) < 4.78 is 12.4. The summed E-state index contributed by atoms with van der Waals surface area (Å²) in [7, 11) is 0. The summed E-state index contributed by atoms with van der Waals surface area (Å²) in [6.07, 6.45) is 5.67. The molecular formula is C12H17BrN2O2. The first-order valence-corrected chi connectivity index (χ1v) is 6.56. The Morgan fingerprint density at radius 2 is 2.00 bits per heavy atom. The van der Waals surface area contributed by atoms with E-state index in [1.807, 2.05) is 0 Å². The lowest BCUT2D eigenvalue weighted by Gasteiger charge is -2.32. The van der Waals surface area contributed by atoms with E-state index in [1.54, 1.807) is 12.4 Å². The Hall–Kier alpha value is -0.810. The SMILES string of the molecule is CC1CC(Oc2c(N)cncc2Br)CC(C)O1. The number of halogens is 1. The highest BCUT2D eigenvalue weighted by molar-refractivity contribution is 9.10. The second-order valence-corrected chi connectivity index (χ2v) is 5.36. The molecule has 1 aliphatic heterocycles. The van der Waals surface area contributed by atoms with Crippen LogP contribution in [0.15, 0.2) is 16.9 Å². The average molecular weight is 301 g/mol. The van der Waals surface area contributed by atoms with Crippen LogP contribution in [-0.2, 0) is 4.74 Å². The molecule has 0 aliphatic carbocycles. The van der Waals surface area contributed by atoms with Crippen LogP contribution in [-0.4, -0.2) is 23.3 Å². The third kappa shape index (κ3) is 3.10. The highest BCUT2D eigenvalue weighted by Crippen LogP contribution is 2.33. The van der Waals surface area contributed by atoms with Crippen LogP contribution in [0.3, 0.4) is 0 Å². The molecule has 0 spiro atoms. The van der Waals surface area contributed by atoms with Gasteiger partial charge in [0.2, 0.25) is 0 Å². The quantitative estimate of drug-likeness (QED) is 0.912. The average Bonchev–Trinajstić information content (AvgIpc) is 2.22. The smallest absolute Gasteiger partial charge is 0.159 e. The first kappa shape index (κ1) is 12.6. The summed E-state index contributed by atoms with van der Waals surface area (Å²) in [5, 5.41) is 0. The summed E-state index contributed by atoms with van der Waals surface area (Å²) in [4.78, 5) is 3.99. The van der Waals surface area contributed by atoms with Gasteiger partial charge in [0.05, 0.1) is 28.6 Å². The van der Waals surface area contributed by atoms with Gasteiger partial charge in [0.15, 0.2) is 5.75 Å². The van der Waals surface area contributed by atoms with Gasteiger partial charge < -0.3 is 15.2 Å². The maximum atomic E-state index is 5.97. The fourth-order valence-electron chi connectivity index (χ4n) is 2.17. The van der Waals surface area contributed by atoms with Gasteiger partial charge in [-0.05, 0) is 29.8 Å². The molecule has 0 amide bonds. The van der Waals surface area contributed by atoms with Crippen molar-refractivity contribution in [1.82, 2.24) is 4.98 Å². The summed E-state index contributed by atoms with van der Waals surface area (Å²) in [5.41, 5.74) is 6.42. The van der Waals surface area contributed by atoms with Crippen molar-refractivity contribution in [1.29, 1.82) is 0 Å². The van der Waals surface area contributed by atoms with Crippen molar-refractivity contribution in [2.75, 3.05) is 5.73 Å². The van der Waals surface area contributed by atoms with E-state index in [9.17, 15) is 0 Å². The van der Waals surface area contributed by atoms with Gasteiger partial charge in [-0.1, -0.05) is 0 Å². The number of hydrogen-bond acceptors (Lipinski definition) is 4. The van der Waals surface area contributed by atoms with Crippen LogP contribution < -0.4 is 10.5 Å². The minimum atomic E-state index is 0.148. The maximum Gasteiger partial charge on any atom is 0.159 e. The number of nitrogens with two attached hydrogens (primary N) is 1. The number of nitrogens with zero attached hydrogens (tertiary/aromatic N) is 1. The molecule has 1 aromatic heterocycles. The molecule has 1 saturated heterocycles. The lowest BCUT2D eigenvalue weighted by Crippen LogP contribution is -2.35. The molecule has 2 atom stereocenters. The number of ether oxygens (including phenoxy) is 2. The van der Waals surface area contributed by atoms with Crippen LogP contribution in [0.2, 0.25) is 0 Å². The zero-order valence-corrected chi connectivity index (χ0v) is 11.6. The molecule has 1 aliphatic rings. The van der Waals surface area contributed by atoms with Gasteiger partial charge in [-0.3, -0.25) is 4.98 Å². The van der Waals surface area contributed by atoms with Crippen LogP contribution in [0.25, 0.3) is 0 Å². The number of aromatic nitrogens is 1. The van der Waals surface area contributed by atoms with Crippen molar-refractivity contribution in [3.8, 4) is 5.75 Å². The third-order valence-electron chi connectivity index (χ3n) is 2.82. The van der Waals surface area contributed by atoms with Gasteiger partial charge in [0, 0.05) is 19.0 Å². The third-order valence-corrected chi connectivity index (χ3v) is 3.38. The topological polar surface area (TPSA) is 57.4 Å². The summed E-state index contributed by atoms with van der Waals surface area (Å²) in [6, 6.07) is 0. The van der Waals surface area contributed by atoms with Crippen LogP contribution in [0, 0.1) is 0 Å². The van der Waals surface area contributed by atoms with Gasteiger partial charge in [0.1, 0.15) is 6.10 Å². The predicted octanol–water partition coefficient (Wildman–Crippen LogP) is 2.76. The van der Waals surface area contributed by atoms with Crippen molar-refractivity contribution in [2.24, 2.45) is 0 Å². The first-order valence-electron chi connectivity index (χ1n) is 5.77. The minimum absolute atomic E-state index is 0.148. The van der Waals surface area contributed by atoms with E-state index in [0.29, 0.717) is 11.4 Å². The molecule has 2 heterocycles. The Kier molecular flexibility index (Phi) is 3.89. The summed E-state index contributed by atoms with van der Waals surface area (Å²) >= 11 is 3.41. The fourth-order valence-corrected chi connectivity index (χ4v) is 2.61. The first-order chi connectivity index (χ1) is 8.06. The molecule has 17 heavy (non-hydrogen) atoms. The van der Waals surface area contributed by atoms with Gasteiger partial charge >= 0.3 is 0 Å². The van der Waals surface area contributed by atoms with Crippen molar-refractivity contribution in [3.05, 3.63) is 16.9 Å². The van der Waals surface area contributed by atoms with E-state index in [1.165, 1.54) is 0 Å². The second-order valence-electron chi connectivity index (χ2n) is 4.51. The van der Waals surface area contributed by atoms with Crippen molar-refractivity contribution in [3.63, 3.8) is 0 Å². The minimum Gasteiger partial charge on any atom is -0.487 e. The molecular weight excluding hydrogens is 284 g/mol. The molecule has 2 unspecified atom stereocenters. The standard InChI is InChI=1S/C12H17BrN2O2/c1-7-3-9(4-8(2)16-7)17-12-10(13)5-15-6-11(12)14/h5-9H,3-4,14H2,1-2H3. The van der Waals surface area contributed by atoms with Crippen LogP contribution >= 0.6 is 15.9 Å². The second kappa shape index (κ2) is 5.23. The maximum absolute atomic E-state index is 5.97. The normalized spacial score (nSPS) is 29.0. The van der Waals surface area contributed by atoms with Gasteiger partial charge in [-0.15, -0.1) is 0 Å². The van der Waals surface area contributed by atoms with Gasteiger partial charge in [-0.25, -0.2) is 0 Å². The van der Waals surface area contributed by atoms with E-state index >= 15 is 0 Å². The molecule has 0 bridgehead atoms. The van der Waals surface area contributed by atoms with Gasteiger partial charge in [-0.2, -0.15) is 0 Å². The van der Waals surface area contributed by atoms with Crippen molar-refractivity contribution >= 4 is 21.6 Å². The zero-order valence-electron chi connectivity index (χ0n) is 10.0. The Labute approximate surface area is 110 Å². The van der Waals surface area contributed by atoms with E-state index < -0.39 is 0 Å². The summed E-state index contributed by atoms with van der Waals surface area (Å²) in [6.45, 7) is 4.13. The predicted molar refractivity (Wildman–Crippen MR) is 70.0 cm³/mol. The molecule has 0 saturated carbocycles. The van der Waals surface area contributed by atoms with Crippen LogP contribution in [0.4, 0.5) is 5.69 Å². The number of rotatable bonds is 2. The fraction of sp³-hybridized carbons (Fsp3) is 0.583. The molecule has 2 rings (SSSR count). The molecule has 2 N–H and O–H groups in total. The lowest BCUT2D eigenvalue weighted by molar-refractivity contribution is -0.0721. The summed E-state index contributed by atoms with van der Waals surface area (Å²) in [5.74, 6) is 0.686. The van der Waals surface area contributed by atoms with Crippen LogP contribution in [0.5, 0.6) is 5.75 Å². The molecule has 94 valence electrons. The van der Waals surface area contributed by atoms with E-state index in [2.05, 4.69) is 34.8 Å². The number of nitrogen functional groups attached to an aromatic ring is 1. The zero-order chi connectivity index (χ0) is 12.4. The molecule has 1 fully saturated rings. The highest BCUT2D eigenvalue weighted by Gasteiger charge is 2.26. The van der Waals surface area contributed by atoms with Crippen molar-refractivity contribution in [2.45, 2.75) is 45.0 Å². The number of pyridine rings is 1. The van der Waals surface area contributed by atoms with Crippen molar-refractivity contribution < 1.29 is 9.47 Å². The van der Waals surface area contributed by atoms with E-state index in [0.717, 1.165) is 17.3 Å². The van der Waals surface area contributed by atoms with Gasteiger partial charge in [0.25, 0.3) is 0 Å². The lowest BCUT2D eigenvalue weighted by atomic mass is 10.0. The Bertz CT molecular complexity index is 370. The molecule has 4 nitrogen and oxygen atoms in total. The van der Waals surface area contributed by atoms with E-state index in [-0.39, 0.29) is 18.3 Å². The molecule has 0 aromatic carbocycles. The number of hydrogen-bond donors (Lipinski definition) is 1. The molecule has 5 heteroatoms. The van der Waals surface area contributed by atoms with Crippen LogP contribution in [0.1, 0.15) is 26.7 Å². The molecule has 0 radical (unpaired) electrons. The Morgan fingerprint density at radius 3 is 2.59 bits per heavy atom. The van der Waals surface area contributed by atoms with E-state index in [4.69, 9.17) is 15.2 Å². The monoisotopic (exact) mass is 300 g/mol. The highest BCUT2D eigenvalue weighted by atomic mass is 79.9. The molecule has 1 aromatic rings. The largest absolute Gasteiger partial charge is 0.487 e. The number of anilines is 1. The Morgan fingerprint density at radius 1 is 1.35 bits per heavy atom.